The van der Waals surface area contributed by atoms with E-state index in [0.29, 0.717) is 12.0 Å². The van der Waals surface area contributed by atoms with Crippen LogP contribution in [-0.2, 0) is 0 Å². The van der Waals surface area contributed by atoms with E-state index in [4.69, 9.17) is 5.11 Å². The third-order valence-corrected chi connectivity index (χ3v) is 1.08. The normalized spacial score (nSPS) is 12.8. The van der Waals surface area contributed by atoms with Crippen LogP contribution in [-0.4, -0.2) is 11.2 Å². The highest BCUT2D eigenvalue weighted by molar-refractivity contribution is 5.15. The van der Waals surface area contributed by atoms with Crippen LogP contribution in [0.15, 0.2) is 24.8 Å². The zero-order valence-corrected chi connectivity index (χ0v) is 5.22. The van der Waals surface area contributed by atoms with Crippen molar-refractivity contribution in [1.82, 2.24) is 0 Å². The van der Waals surface area contributed by atoms with E-state index in [-0.39, 0.29) is 0 Å². The molecule has 0 aromatic rings. The quantitative estimate of drug-likeness (QED) is 0.548. The van der Waals surface area contributed by atoms with Gasteiger partial charge in [0.05, 0.1) is 6.10 Å². The Balaban J connectivity index is 3.62. The molecule has 0 fully saturated rings. The van der Waals surface area contributed by atoms with Gasteiger partial charge >= 0.3 is 0 Å². The third kappa shape index (κ3) is 1.94. The Bertz CT molecular complexity index is 94.6. The molecule has 0 aromatic heterocycles. The Morgan fingerprint density at radius 2 is 2.38 bits per heavy atom. The summed E-state index contributed by atoms with van der Waals surface area (Å²) in [5.74, 6) is 0. The van der Waals surface area contributed by atoms with Gasteiger partial charge in [-0.15, -0.1) is 0 Å². The summed E-state index contributed by atoms with van der Waals surface area (Å²) in [7, 11) is 0. The summed E-state index contributed by atoms with van der Waals surface area (Å²) >= 11 is 0. The largest absolute Gasteiger partial charge is 0.388 e. The van der Waals surface area contributed by atoms with Crippen molar-refractivity contribution in [3.05, 3.63) is 24.8 Å². The Hall–Kier alpha value is -0.560. The molecule has 0 bridgehead atoms. The molecule has 0 aliphatic heterocycles. The van der Waals surface area contributed by atoms with Crippen LogP contribution >= 0.6 is 0 Å². The maximum Gasteiger partial charge on any atom is 0.0781 e. The lowest BCUT2D eigenvalue weighted by Gasteiger charge is -2.04. The SMILES string of the molecule is C=CC(=C)C(O)CC. The highest BCUT2D eigenvalue weighted by Gasteiger charge is 1.99. The second-order valence-corrected chi connectivity index (χ2v) is 1.70. The first-order valence-corrected chi connectivity index (χ1v) is 2.71. The van der Waals surface area contributed by atoms with Crippen molar-refractivity contribution in [2.24, 2.45) is 0 Å². The lowest BCUT2D eigenvalue weighted by atomic mass is 10.1. The predicted molar refractivity (Wildman–Crippen MR) is 35.6 cm³/mol. The topological polar surface area (TPSA) is 20.2 Å². The fourth-order valence-electron chi connectivity index (χ4n) is 0.398. The van der Waals surface area contributed by atoms with Crippen LogP contribution in [0.3, 0.4) is 0 Å². The number of rotatable bonds is 3. The van der Waals surface area contributed by atoms with Gasteiger partial charge in [-0.3, -0.25) is 0 Å². The lowest BCUT2D eigenvalue weighted by molar-refractivity contribution is 0.211. The van der Waals surface area contributed by atoms with Gasteiger partial charge in [0.25, 0.3) is 0 Å². The van der Waals surface area contributed by atoms with Gasteiger partial charge in [-0.1, -0.05) is 26.2 Å². The molecule has 1 unspecified atom stereocenters. The predicted octanol–water partition coefficient (Wildman–Crippen LogP) is 1.50. The van der Waals surface area contributed by atoms with E-state index < -0.39 is 6.10 Å². The van der Waals surface area contributed by atoms with Gasteiger partial charge < -0.3 is 5.11 Å². The maximum atomic E-state index is 8.96. The first-order valence-electron chi connectivity index (χ1n) is 2.71. The third-order valence-electron chi connectivity index (χ3n) is 1.08. The summed E-state index contributed by atoms with van der Waals surface area (Å²) in [4.78, 5) is 0. The lowest BCUT2D eigenvalue weighted by Crippen LogP contribution is -2.04. The standard InChI is InChI=1S/C7H12O/c1-4-6(3)7(8)5-2/h4,7-8H,1,3,5H2,2H3. The minimum Gasteiger partial charge on any atom is -0.388 e. The van der Waals surface area contributed by atoms with Crippen LogP contribution in [0.4, 0.5) is 0 Å². The summed E-state index contributed by atoms with van der Waals surface area (Å²) < 4.78 is 0. The molecule has 46 valence electrons. The van der Waals surface area contributed by atoms with Gasteiger partial charge in [0.2, 0.25) is 0 Å². The molecule has 1 N–H and O–H groups in total. The summed E-state index contributed by atoms with van der Waals surface area (Å²) in [6.07, 6.45) is 1.89. The molecule has 8 heavy (non-hydrogen) atoms. The van der Waals surface area contributed by atoms with Crippen LogP contribution in [0.2, 0.25) is 0 Å². The van der Waals surface area contributed by atoms with E-state index >= 15 is 0 Å². The molecular formula is C7H12O. The average Bonchev–Trinajstić information content (AvgIpc) is 1.84. The molecule has 0 amide bonds. The summed E-state index contributed by atoms with van der Waals surface area (Å²) in [6.45, 7) is 8.95. The molecule has 1 atom stereocenters. The monoisotopic (exact) mass is 112 g/mol. The molecule has 0 aliphatic carbocycles. The molecule has 0 rings (SSSR count). The molecule has 0 heterocycles. The first-order chi connectivity index (χ1) is 3.72. The Labute approximate surface area is 50.3 Å². The minimum absolute atomic E-state index is 0.396. The van der Waals surface area contributed by atoms with Crippen LogP contribution in [0.1, 0.15) is 13.3 Å². The van der Waals surface area contributed by atoms with Gasteiger partial charge in [0, 0.05) is 0 Å². The zero-order chi connectivity index (χ0) is 6.57. The number of hydrogen-bond acceptors (Lipinski definition) is 1. The molecule has 0 spiro atoms. The van der Waals surface area contributed by atoms with E-state index in [0.717, 1.165) is 0 Å². The van der Waals surface area contributed by atoms with Gasteiger partial charge in [-0.05, 0) is 12.0 Å². The molecular weight excluding hydrogens is 100 g/mol. The average molecular weight is 112 g/mol. The Morgan fingerprint density at radius 1 is 1.88 bits per heavy atom. The van der Waals surface area contributed by atoms with Crippen LogP contribution in [0.5, 0.6) is 0 Å². The number of hydrogen-bond donors (Lipinski definition) is 1. The van der Waals surface area contributed by atoms with Crippen LogP contribution in [0, 0.1) is 0 Å². The van der Waals surface area contributed by atoms with E-state index in [1.165, 1.54) is 0 Å². The van der Waals surface area contributed by atoms with E-state index in [1.807, 2.05) is 6.92 Å². The van der Waals surface area contributed by atoms with Gasteiger partial charge in [0.15, 0.2) is 0 Å². The van der Waals surface area contributed by atoms with Crippen molar-refractivity contribution >= 4 is 0 Å². The fourth-order valence-corrected chi connectivity index (χ4v) is 0.398. The van der Waals surface area contributed by atoms with E-state index in [1.54, 1.807) is 6.08 Å². The molecule has 1 heteroatoms. The summed E-state index contributed by atoms with van der Waals surface area (Å²) in [5, 5.41) is 8.96. The second-order valence-electron chi connectivity index (χ2n) is 1.70. The number of aliphatic hydroxyl groups is 1. The van der Waals surface area contributed by atoms with Gasteiger partial charge in [-0.25, -0.2) is 0 Å². The van der Waals surface area contributed by atoms with Crippen molar-refractivity contribution in [1.29, 1.82) is 0 Å². The van der Waals surface area contributed by atoms with Gasteiger partial charge in [-0.2, -0.15) is 0 Å². The number of aliphatic hydroxyl groups excluding tert-OH is 1. The minimum atomic E-state index is -0.396. The molecule has 0 aromatic carbocycles. The fraction of sp³-hybridized carbons (Fsp3) is 0.429. The summed E-state index contributed by atoms with van der Waals surface area (Å²) in [5.41, 5.74) is 0.701. The smallest absolute Gasteiger partial charge is 0.0781 e. The molecule has 0 radical (unpaired) electrons. The molecule has 0 saturated heterocycles. The zero-order valence-electron chi connectivity index (χ0n) is 5.22. The highest BCUT2D eigenvalue weighted by atomic mass is 16.3. The Morgan fingerprint density at radius 3 is 2.50 bits per heavy atom. The Kier molecular flexibility index (Phi) is 3.20. The molecule has 1 nitrogen and oxygen atoms in total. The van der Waals surface area contributed by atoms with Crippen molar-refractivity contribution < 1.29 is 5.11 Å². The van der Waals surface area contributed by atoms with Crippen LogP contribution in [0.25, 0.3) is 0 Å². The van der Waals surface area contributed by atoms with Crippen molar-refractivity contribution in [2.45, 2.75) is 19.4 Å². The van der Waals surface area contributed by atoms with Crippen molar-refractivity contribution in [2.75, 3.05) is 0 Å². The molecule has 0 saturated carbocycles. The van der Waals surface area contributed by atoms with E-state index in [9.17, 15) is 0 Å². The summed E-state index contributed by atoms with van der Waals surface area (Å²) in [6, 6.07) is 0. The highest BCUT2D eigenvalue weighted by Crippen LogP contribution is 2.02. The molecule has 0 aliphatic rings. The van der Waals surface area contributed by atoms with Gasteiger partial charge in [0.1, 0.15) is 0 Å². The second kappa shape index (κ2) is 3.44. The first kappa shape index (κ1) is 7.44. The van der Waals surface area contributed by atoms with Crippen molar-refractivity contribution in [3.63, 3.8) is 0 Å². The van der Waals surface area contributed by atoms with Crippen LogP contribution < -0.4 is 0 Å². The van der Waals surface area contributed by atoms with E-state index in [2.05, 4.69) is 13.2 Å². The maximum absolute atomic E-state index is 8.96. The van der Waals surface area contributed by atoms with Crippen molar-refractivity contribution in [3.8, 4) is 0 Å².